The zero-order chi connectivity index (χ0) is 15.2. The van der Waals surface area contributed by atoms with Crippen LogP contribution in [0.5, 0.6) is 0 Å². The second kappa shape index (κ2) is 7.34. The highest BCUT2D eigenvalue weighted by atomic mass is 32.2. The number of nitrogens with zero attached hydrogens (tertiary/aromatic N) is 2. The van der Waals surface area contributed by atoms with E-state index in [1.165, 1.54) is 0 Å². The first-order valence-electron chi connectivity index (χ1n) is 6.94. The first-order valence-corrected chi connectivity index (χ1v) is 7.93. The van der Waals surface area contributed by atoms with E-state index in [9.17, 15) is 10.1 Å². The molecule has 1 saturated heterocycles. The molecule has 112 valence electrons. The van der Waals surface area contributed by atoms with Crippen molar-refractivity contribution in [3.8, 4) is 6.07 Å². The first-order chi connectivity index (χ1) is 10.2. The summed E-state index contributed by atoms with van der Waals surface area (Å²) in [6.07, 6.45) is 0. The van der Waals surface area contributed by atoms with Gasteiger partial charge in [0.25, 0.3) is 0 Å². The fourth-order valence-corrected chi connectivity index (χ4v) is 3.20. The van der Waals surface area contributed by atoms with Crippen LogP contribution < -0.4 is 10.2 Å². The Morgan fingerprint density at radius 2 is 2.43 bits per heavy atom. The quantitative estimate of drug-likeness (QED) is 0.856. The summed E-state index contributed by atoms with van der Waals surface area (Å²) >= 11 is 1.64. The van der Waals surface area contributed by atoms with Crippen molar-refractivity contribution in [2.24, 2.45) is 0 Å². The number of rotatable bonds is 4. The molecule has 1 aromatic rings. The van der Waals surface area contributed by atoms with E-state index >= 15 is 0 Å². The van der Waals surface area contributed by atoms with Gasteiger partial charge in [-0.05, 0) is 17.9 Å². The molecular formula is C15H19N3O2S. The van der Waals surface area contributed by atoms with Gasteiger partial charge in [0.1, 0.15) is 12.1 Å². The molecule has 0 radical (unpaired) electrons. The Morgan fingerprint density at radius 1 is 1.62 bits per heavy atom. The number of nitriles is 1. The monoisotopic (exact) mass is 305 g/mol. The van der Waals surface area contributed by atoms with Gasteiger partial charge in [0.15, 0.2) is 0 Å². The Balaban J connectivity index is 2.41. The molecule has 1 aliphatic rings. The van der Waals surface area contributed by atoms with Crippen molar-refractivity contribution in [3.05, 3.63) is 23.8 Å². The standard InChI is InChI=1S/C15H19N3O2S/c1-3-21-14-6-4-5-12(11(14)9-16)18-7-8-20-10-13(18)15(19)17-2/h4-6,13H,3,7-8,10H2,1-2H3,(H,17,19). The van der Waals surface area contributed by atoms with E-state index in [0.717, 1.165) is 16.3 Å². The van der Waals surface area contributed by atoms with E-state index in [4.69, 9.17) is 4.74 Å². The lowest BCUT2D eigenvalue weighted by Crippen LogP contribution is -2.53. The minimum absolute atomic E-state index is 0.0906. The number of benzene rings is 1. The highest BCUT2D eigenvalue weighted by Crippen LogP contribution is 2.32. The zero-order valence-electron chi connectivity index (χ0n) is 12.3. The fourth-order valence-electron chi connectivity index (χ4n) is 2.42. The number of ether oxygens (including phenoxy) is 1. The molecule has 0 spiro atoms. The van der Waals surface area contributed by atoms with Crippen molar-refractivity contribution in [2.45, 2.75) is 17.9 Å². The molecule has 1 aliphatic heterocycles. The molecule has 1 aromatic carbocycles. The minimum Gasteiger partial charge on any atom is -0.377 e. The number of anilines is 1. The number of carbonyl (C=O) groups excluding carboxylic acids is 1. The number of hydrogen-bond donors (Lipinski definition) is 1. The summed E-state index contributed by atoms with van der Waals surface area (Å²) in [6, 6.07) is 7.69. The second-order valence-corrected chi connectivity index (χ2v) is 5.90. The molecule has 1 N–H and O–H groups in total. The highest BCUT2D eigenvalue weighted by Gasteiger charge is 2.30. The smallest absolute Gasteiger partial charge is 0.244 e. The molecule has 0 aliphatic carbocycles. The summed E-state index contributed by atoms with van der Waals surface area (Å²) in [7, 11) is 1.61. The summed E-state index contributed by atoms with van der Waals surface area (Å²) in [5.41, 5.74) is 1.45. The van der Waals surface area contributed by atoms with Gasteiger partial charge in [0.2, 0.25) is 5.91 Å². The number of morpholine rings is 1. The van der Waals surface area contributed by atoms with E-state index < -0.39 is 6.04 Å². The third-order valence-electron chi connectivity index (χ3n) is 3.40. The summed E-state index contributed by atoms with van der Waals surface area (Å²) < 4.78 is 5.42. The predicted molar refractivity (Wildman–Crippen MR) is 83.6 cm³/mol. The van der Waals surface area contributed by atoms with Crippen LogP contribution in [0.1, 0.15) is 12.5 Å². The Kier molecular flexibility index (Phi) is 5.48. The van der Waals surface area contributed by atoms with Crippen molar-refractivity contribution >= 4 is 23.4 Å². The number of hydrogen-bond acceptors (Lipinski definition) is 5. The van der Waals surface area contributed by atoms with Gasteiger partial charge in [-0.15, -0.1) is 11.8 Å². The van der Waals surface area contributed by atoms with Gasteiger partial charge in [-0.1, -0.05) is 13.0 Å². The molecule has 2 rings (SSSR count). The Labute approximate surface area is 129 Å². The lowest BCUT2D eigenvalue weighted by atomic mass is 10.1. The van der Waals surface area contributed by atoms with Gasteiger partial charge < -0.3 is 15.0 Å². The van der Waals surface area contributed by atoms with Crippen molar-refractivity contribution < 1.29 is 9.53 Å². The maximum atomic E-state index is 12.0. The summed E-state index contributed by atoms with van der Waals surface area (Å²) in [5.74, 6) is 0.812. The van der Waals surface area contributed by atoms with E-state index in [0.29, 0.717) is 25.3 Å². The van der Waals surface area contributed by atoms with Crippen LogP contribution in [-0.4, -0.2) is 44.5 Å². The molecule has 0 aromatic heterocycles. The van der Waals surface area contributed by atoms with Crippen LogP contribution in [-0.2, 0) is 9.53 Å². The maximum absolute atomic E-state index is 12.0. The predicted octanol–water partition coefficient (Wildman–Crippen LogP) is 1.62. The van der Waals surface area contributed by atoms with Crippen LogP contribution in [0.3, 0.4) is 0 Å². The van der Waals surface area contributed by atoms with Gasteiger partial charge >= 0.3 is 0 Å². The average molecular weight is 305 g/mol. The molecule has 0 bridgehead atoms. The van der Waals surface area contributed by atoms with E-state index in [2.05, 4.69) is 18.3 Å². The first kappa shape index (κ1) is 15.7. The number of amides is 1. The molecule has 1 unspecified atom stereocenters. The van der Waals surface area contributed by atoms with Crippen LogP contribution in [0.25, 0.3) is 0 Å². The van der Waals surface area contributed by atoms with E-state index in [1.807, 2.05) is 23.1 Å². The summed E-state index contributed by atoms with van der Waals surface area (Å²) in [6.45, 7) is 3.56. The van der Waals surface area contributed by atoms with Crippen LogP contribution in [0, 0.1) is 11.3 Å². The molecule has 6 heteroatoms. The third-order valence-corrected chi connectivity index (χ3v) is 4.34. The van der Waals surface area contributed by atoms with Crippen LogP contribution in [0.15, 0.2) is 23.1 Å². The normalized spacial score (nSPS) is 18.1. The van der Waals surface area contributed by atoms with Crippen LogP contribution in [0.2, 0.25) is 0 Å². The van der Waals surface area contributed by atoms with Gasteiger partial charge in [-0.3, -0.25) is 4.79 Å². The number of nitrogens with one attached hydrogen (secondary N) is 1. The molecule has 0 saturated carbocycles. The molecule has 1 heterocycles. The largest absolute Gasteiger partial charge is 0.377 e. The molecule has 1 fully saturated rings. The summed E-state index contributed by atoms with van der Waals surface area (Å²) in [4.78, 5) is 15.0. The van der Waals surface area contributed by atoms with Gasteiger partial charge in [-0.25, -0.2) is 0 Å². The Hall–Kier alpha value is -1.71. The van der Waals surface area contributed by atoms with Gasteiger partial charge in [0, 0.05) is 18.5 Å². The van der Waals surface area contributed by atoms with Crippen LogP contribution in [0.4, 0.5) is 5.69 Å². The van der Waals surface area contributed by atoms with Gasteiger partial charge in [0.05, 0.1) is 24.5 Å². The summed E-state index contributed by atoms with van der Waals surface area (Å²) in [5, 5.41) is 12.2. The lowest BCUT2D eigenvalue weighted by Gasteiger charge is -2.36. The maximum Gasteiger partial charge on any atom is 0.244 e. The van der Waals surface area contributed by atoms with Crippen molar-refractivity contribution in [1.29, 1.82) is 5.26 Å². The highest BCUT2D eigenvalue weighted by molar-refractivity contribution is 7.99. The molecular weight excluding hydrogens is 286 g/mol. The van der Waals surface area contributed by atoms with Crippen molar-refractivity contribution in [3.63, 3.8) is 0 Å². The minimum atomic E-state index is -0.391. The van der Waals surface area contributed by atoms with Crippen molar-refractivity contribution in [1.82, 2.24) is 5.32 Å². The molecule has 5 nitrogen and oxygen atoms in total. The number of thioether (sulfide) groups is 1. The van der Waals surface area contributed by atoms with Crippen LogP contribution >= 0.6 is 11.8 Å². The Morgan fingerprint density at radius 3 is 3.10 bits per heavy atom. The number of carbonyl (C=O) groups is 1. The van der Waals surface area contributed by atoms with E-state index in [1.54, 1.807) is 18.8 Å². The third kappa shape index (κ3) is 3.31. The lowest BCUT2D eigenvalue weighted by molar-refractivity contribution is -0.124. The fraction of sp³-hybridized carbons (Fsp3) is 0.467. The van der Waals surface area contributed by atoms with Gasteiger partial charge in [-0.2, -0.15) is 5.26 Å². The Bertz CT molecular complexity index is 556. The zero-order valence-corrected chi connectivity index (χ0v) is 13.1. The second-order valence-electron chi connectivity index (χ2n) is 4.59. The van der Waals surface area contributed by atoms with E-state index in [-0.39, 0.29) is 5.91 Å². The van der Waals surface area contributed by atoms with Crippen molar-refractivity contribution in [2.75, 3.05) is 37.5 Å². The SMILES string of the molecule is CCSc1cccc(N2CCOCC2C(=O)NC)c1C#N. The molecule has 1 atom stereocenters. The topological polar surface area (TPSA) is 65.4 Å². The molecule has 21 heavy (non-hydrogen) atoms. The number of likely N-dealkylation sites (N-methyl/N-ethyl adjacent to an activating group) is 1. The molecule has 1 amide bonds. The average Bonchev–Trinajstić information content (AvgIpc) is 2.54.